The molecule has 2 heterocycles. The normalized spacial score (nSPS) is 17.8. The number of carbonyl (C=O) groups excluding carboxylic acids is 1. The number of hydrogen-bond donors (Lipinski definition) is 1. The molecule has 0 saturated carbocycles. The lowest BCUT2D eigenvalue weighted by molar-refractivity contribution is -0.137. The zero-order valence-electron chi connectivity index (χ0n) is 14.5. The highest BCUT2D eigenvalue weighted by Gasteiger charge is 2.30. The summed E-state index contributed by atoms with van der Waals surface area (Å²) in [6, 6.07) is 5.96. The minimum Gasteiger partial charge on any atom is -0.483 e. The standard InChI is InChI=1S/C18H24N4O2/c1-13-4-5-14(2)16(10-13)24-12-17(23)22-9-6-19-11-15(22)18-20-7-8-21(18)3/h4-5,7-8,10,15,19H,6,9,11-12H2,1-3H3. The lowest BCUT2D eigenvalue weighted by Crippen LogP contribution is -2.50. The molecule has 1 unspecified atom stereocenters. The SMILES string of the molecule is Cc1ccc(C)c(OCC(=O)N2CCNCC2c2nccn2C)c1. The topological polar surface area (TPSA) is 59.4 Å². The smallest absolute Gasteiger partial charge is 0.261 e. The molecule has 1 amide bonds. The summed E-state index contributed by atoms with van der Waals surface area (Å²) in [6.07, 6.45) is 3.67. The van der Waals surface area contributed by atoms with Crippen LogP contribution in [0, 0.1) is 13.8 Å². The van der Waals surface area contributed by atoms with Gasteiger partial charge >= 0.3 is 0 Å². The molecule has 1 N–H and O–H groups in total. The Morgan fingerprint density at radius 1 is 1.42 bits per heavy atom. The van der Waals surface area contributed by atoms with Gasteiger partial charge in [0.1, 0.15) is 17.6 Å². The second-order valence-electron chi connectivity index (χ2n) is 6.26. The predicted octanol–water partition coefficient (Wildman–Crippen LogP) is 1.59. The molecular formula is C18H24N4O2. The summed E-state index contributed by atoms with van der Waals surface area (Å²) in [7, 11) is 1.95. The Labute approximate surface area is 142 Å². The molecule has 2 aromatic rings. The molecule has 1 saturated heterocycles. The highest BCUT2D eigenvalue weighted by atomic mass is 16.5. The van der Waals surface area contributed by atoms with E-state index < -0.39 is 0 Å². The van der Waals surface area contributed by atoms with E-state index in [9.17, 15) is 4.79 Å². The molecule has 1 aliphatic heterocycles. The molecule has 1 aromatic carbocycles. The number of imidazole rings is 1. The number of nitrogens with one attached hydrogen (secondary N) is 1. The molecule has 1 aliphatic rings. The number of rotatable bonds is 4. The molecule has 6 nitrogen and oxygen atoms in total. The van der Waals surface area contributed by atoms with Crippen LogP contribution >= 0.6 is 0 Å². The molecule has 1 aromatic heterocycles. The van der Waals surface area contributed by atoms with Gasteiger partial charge in [0.2, 0.25) is 0 Å². The van der Waals surface area contributed by atoms with Crippen molar-refractivity contribution in [1.29, 1.82) is 0 Å². The van der Waals surface area contributed by atoms with Crippen LogP contribution in [0.3, 0.4) is 0 Å². The highest BCUT2D eigenvalue weighted by Crippen LogP contribution is 2.22. The van der Waals surface area contributed by atoms with Gasteiger partial charge in [0.05, 0.1) is 0 Å². The van der Waals surface area contributed by atoms with Gasteiger partial charge in [-0.3, -0.25) is 4.79 Å². The third-order valence-corrected chi connectivity index (χ3v) is 4.42. The van der Waals surface area contributed by atoms with Crippen molar-refractivity contribution in [2.24, 2.45) is 7.05 Å². The van der Waals surface area contributed by atoms with Gasteiger partial charge < -0.3 is 19.5 Å². The van der Waals surface area contributed by atoms with Gasteiger partial charge in [0.25, 0.3) is 5.91 Å². The van der Waals surface area contributed by atoms with Gasteiger partial charge in [-0.1, -0.05) is 12.1 Å². The lowest BCUT2D eigenvalue weighted by atomic mass is 10.1. The first-order chi connectivity index (χ1) is 11.6. The Morgan fingerprint density at radius 2 is 2.25 bits per heavy atom. The fraction of sp³-hybridized carbons (Fsp3) is 0.444. The van der Waals surface area contributed by atoms with Crippen molar-refractivity contribution in [3.05, 3.63) is 47.5 Å². The average molecular weight is 328 g/mol. The number of benzene rings is 1. The van der Waals surface area contributed by atoms with Crippen LogP contribution in [-0.4, -0.2) is 46.6 Å². The minimum atomic E-state index is -0.0616. The summed E-state index contributed by atoms with van der Waals surface area (Å²) in [5.41, 5.74) is 2.16. The van der Waals surface area contributed by atoms with Crippen molar-refractivity contribution >= 4 is 5.91 Å². The number of aryl methyl sites for hydroxylation is 3. The maximum atomic E-state index is 12.7. The van der Waals surface area contributed by atoms with Crippen molar-refractivity contribution < 1.29 is 9.53 Å². The first kappa shape index (κ1) is 16.5. The predicted molar refractivity (Wildman–Crippen MR) is 91.9 cm³/mol. The molecule has 1 atom stereocenters. The minimum absolute atomic E-state index is 0.00888. The zero-order chi connectivity index (χ0) is 17.1. The number of carbonyl (C=O) groups is 1. The number of ether oxygens (including phenoxy) is 1. The molecule has 0 spiro atoms. The first-order valence-electron chi connectivity index (χ1n) is 8.23. The van der Waals surface area contributed by atoms with Gasteiger partial charge in [-0.25, -0.2) is 4.98 Å². The summed E-state index contributed by atoms with van der Waals surface area (Å²) in [5, 5.41) is 3.34. The number of piperazine rings is 1. The fourth-order valence-electron chi connectivity index (χ4n) is 3.02. The Morgan fingerprint density at radius 3 is 3.00 bits per heavy atom. The number of nitrogens with zero attached hydrogens (tertiary/aromatic N) is 3. The van der Waals surface area contributed by atoms with Gasteiger partial charge in [0, 0.05) is 39.1 Å². The van der Waals surface area contributed by atoms with E-state index in [-0.39, 0.29) is 18.6 Å². The Kier molecular flexibility index (Phi) is 4.85. The fourth-order valence-corrected chi connectivity index (χ4v) is 3.02. The summed E-state index contributed by atoms with van der Waals surface area (Å²) < 4.78 is 7.75. The number of hydrogen-bond acceptors (Lipinski definition) is 4. The number of amides is 1. The van der Waals surface area contributed by atoms with Crippen LogP contribution in [0.5, 0.6) is 5.75 Å². The third-order valence-electron chi connectivity index (χ3n) is 4.42. The second kappa shape index (κ2) is 7.05. The molecule has 0 aliphatic carbocycles. The van der Waals surface area contributed by atoms with E-state index in [1.54, 1.807) is 6.20 Å². The van der Waals surface area contributed by atoms with Crippen LogP contribution in [0.25, 0.3) is 0 Å². The summed E-state index contributed by atoms with van der Waals surface area (Å²) in [4.78, 5) is 19.0. The van der Waals surface area contributed by atoms with Crippen molar-refractivity contribution in [2.45, 2.75) is 19.9 Å². The van der Waals surface area contributed by atoms with E-state index in [1.165, 1.54) is 0 Å². The van der Waals surface area contributed by atoms with Gasteiger partial charge in [-0.15, -0.1) is 0 Å². The monoisotopic (exact) mass is 328 g/mol. The van der Waals surface area contributed by atoms with Gasteiger partial charge in [-0.2, -0.15) is 0 Å². The van der Waals surface area contributed by atoms with E-state index in [1.807, 2.05) is 54.8 Å². The Hall–Kier alpha value is -2.34. The van der Waals surface area contributed by atoms with Crippen LogP contribution in [0.4, 0.5) is 0 Å². The van der Waals surface area contributed by atoms with Crippen LogP contribution in [0.2, 0.25) is 0 Å². The van der Waals surface area contributed by atoms with E-state index in [4.69, 9.17) is 4.74 Å². The number of aromatic nitrogens is 2. The van der Waals surface area contributed by atoms with Gasteiger partial charge in [-0.05, 0) is 31.0 Å². The Balaban J connectivity index is 1.70. The Bertz CT molecular complexity index is 726. The van der Waals surface area contributed by atoms with Crippen LogP contribution in [0.1, 0.15) is 23.0 Å². The van der Waals surface area contributed by atoms with Crippen LogP contribution in [-0.2, 0) is 11.8 Å². The summed E-state index contributed by atoms with van der Waals surface area (Å²) >= 11 is 0. The molecular weight excluding hydrogens is 304 g/mol. The zero-order valence-corrected chi connectivity index (χ0v) is 14.5. The highest BCUT2D eigenvalue weighted by molar-refractivity contribution is 5.78. The van der Waals surface area contributed by atoms with Crippen molar-refractivity contribution in [2.75, 3.05) is 26.2 Å². The third kappa shape index (κ3) is 3.43. The molecule has 24 heavy (non-hydrogen) atoms. The van der Waals surface area contributed by atoms with Crippen LogP contribution < -0.4 is 10.1 Å². The van der Waals surface area contributed by atoms with E-state index in [0.717, 1.165) is 29.2 Å². The largest absolute Gasteiger partial charge is 0.483 e. The van der Waals surface area contributed by atoms with Crippen molar-refractivity contribution in [3.63, 3.8) is 0 Å². The molecule has 0 bridgehead atoms. The molecule has 0 radical (unpaired) electrons. The summed E-state index contributed by atoms with van der Waals surface area (Å²) in [6.45, 7) is 6.20. The van der Waals surface area contributed by atoms with Crippen molar-refractivity contribution in [1.82, 2.24) is 19.8 Å². The quantitative estimate of drug-likeness (QED) is 0.926. The molecule has 1 fully saturated rings. The maximum absolute atomic E-state index is 12.7. The van der Waals surface area contributed by atoms with Crippen molar-refractivity contribution in [3.8, 4) is 5.75 Å². The average Bonchev–Trinajstić information content (AvgIpc) is 3.01. The lowest BCUT2D eigenvalue weighted by Gasteiger charge is -2.35. The molecule has 3 rings (SSSR count). The molecule has 128 valence electrons. The first-order valence-corrected chi connectivity index (χ1v) is 8.23. The van der Waals surface area contributed by atoms with E-state index >= 15 is 0 Å². The van der Waals surface area contributed by atoms with Crippen LogP contribution in [0.15, 0.2) is 30.6 Å². The second-order valence-corrected chi connectivity index (χ2v) is 6.26. The molecule has 6 heteroatoms. The maximum Gasteiger partial charge on any atom is 0.261 e. The summed E-state index contributed by atoms with van der Waals surface area (Å²) in [5.74, 6) is 1.65. The van der Waals surface area contributed by atoms with E-state index in [2.05, 4.69) is 10.3 Å². The van der Waals surface area contributed by atoms with E-state index in [0.29, 0.717) is 13.1 Å². The van der Waals surface area contributed by atoms with Gasteiger partial charge in [0.15, 0.2) is 6.61 Å².